The lowest BCUT2D eigenvalue weighted by Crippen LogP contribution is -2.63. The molecule has 0 radical (unpaired) electrons. The highest BCUT2D eigenvalue weighted by Gasteiger charge is 2.46. The van der Waals surface area contributed by atoms with Crippen LogP contribution in [0.25, 0.3) is 11.1 Å². The third kappa shape index (κ3) is 5.62. The number of carbonyl (C=O) groups excluding carboxylic acids is 2. The van der Waals surface area contributed by atoms with Crippen molar-refractivity contribution >= 4 is 18.0 Å². The number of alkyl carbamates (subject to hydrolysis) is 1. The summed E-state index contributed by atoms with van der Waals surface area (Å²) >= 11 is 0. The van der Waals surface area contributed by atoms with Crippen molar-refractivity contribution < 1.29 is 29.0 Å². The molecular weight excluding hydrogens is 534 g/mol. The number of amides is 2. The molecule has 218 valence electrons. The molecule has 0 saturated carbocycles. The molecule has 2 amide bonds. The monoisotopic (exact) mass is 569 g/mol. The third-order valence-corrected chi connectivity index (χ3v) is 8.73. The zero-order chi connectivity index (χ0) is 29.1. The SMILES string of the molecule is O=C(N[C@@H]1CCO[C@@H]1C(=O)NC1(C(=O)O)CCN(Cc2ccccc2)CC1)OCC1c2ccccc2-c2ccccc21. The number of benzene rings is 3. The molecule has 9 heteroatoms. The minimum atomic E-state index is -1.38. The lowest BCUT2D eigenvalue weighted by atomic mass is 9.86. The summed E-state index contributed by atoms with van der Waals surface area (Å²) in [5.74, 6) is -1.67. The normalized spacial score (nSPS) is 21.2. The van der Waals surface area contributed by atoms with Gasteiger partial charge in [-0.05, 0) is 47.1 Å². The van der Waals surface area contributed by atoms with Gasteiger partial charge in [0.25, 0.3) is 5.91 Å². The Hall–Kier alpha value is -4.21. The van der Waals surface area contributed by atoms with E-state index in [1.165, 1.54) is 0 Å². The van der Waals surface area contributed by atoms with Crippen molar-refractivity contribution in [3.8, 4) is 11.1 Å². The van der Waals surface area contributed by atoms with Gasteiger partial charge in [0.05, 0.1) is 6.04 Å². The van der Waals surface area contributed by atoms with E-state index in [4.69, 9.17) is 9.47 Å². The van der Waals surface area contributed by atoms with E-state index < -0.39 is 35.7 Å². The number of carboxylic acids is 1. The van der Waals surface area contributed by atoms with Gasteiger partial charge in [0, 0.05) is 32.2 Å². The zero-order valence-corrected chi connectivity index (χ0v) is 23.3. The number of likely N-dealkylation sites (tertiary alicyclic amines) is 1. The quantitative estimate of drug-likeness (QED) is 0.377. The van der Waals surface area contributed by atoms with Crippen molar-refractivity contribution in [2.75, 3.05) is 26.3 Å². The van der Waals surface area contributed by atoms with Gasteiger partial charge >= 0.3 is 12.1 Å². The summed E-state index contributed by atoms with van der Waals surface area (Å²) in [5, 5.41) is 15.7. The van der Waals surface area contributed by atoms with Crippen molar-refractivity contribution in [2.45, 2.75) is 49.4 Å². The number of nitrogens with one attached hydrogen (secondary N) is 2. The number of hydrogen-bond acceptors (Lipinski definition) is 6. The number of carboxylic acid groups (broad SMARTS) is 1. The number of piperidine rings is 1. The van der Waals surface area contributed by atoms with E-state index in [-0.39, 0.29) is 32.0 Å². The standard InChI is InChI=1S/C33H35N3O6/c37-30(35-33(31(38)39)15-17-36(18-16-33)20-22-8-2-1-3-9-22)29-28(14-19-41-29)34-32(40)42-21-27-25-12-6-4-10-23(25)24-11-5-7-13-26(24)27/h1-13,27-29H,14-21H2,(H,34,40)(H,35,37)(H,38,39)/t28-,29+/m1/s1. The molecule has 2 atom stereocenters. The van der Waals surface area contributed by atoms with Crippen LogP contribution in [0, 0.1) is 0 Å². The van der Waals surface area contributed by atoms with E-state index in [0.29, 0.717) is 19.5 Å². The maximum absolute atomic E-state index is 13.3. The fourth-order valence-electron chi connectivity index (χ4n) is 6.42. The van der Waals surface area contributed by atoms with Crippen molar-refractivity contribution in [3.05, 3.63) is 95.6 Å². The molecule has 42 heavy (non-hydrogen) atoms. The van der Waals surface area contributed by atoms with Crippen LogP contribution in [-0.4, -0.2) is 72.0 Å². The lowest BCUT2D eigenvalue weighted by molar-refractivity contribution is -0.152. The fraction of sp³-hybridized carbons (Fsp3) is 0.364. The van der Waals surface area contributed by atoms with E-state index in [2.05, 4.69) is 39.8 Å². The van der Waals surface area contributed by atoms with E-state index in [0.717, 1.165) is 34.4 Å². The Bertz CT molecular complexity index is 1410. The summed E-state index contributed by atoms with van der Waals surface area (Å²) < 4.78 is 11.3. The van der Waals surface area contributed by atoms with Crippen molar-refractivity contribution in [1.82, 2.24) is 15.5 Å². The molecule has 3 aromatic carbocycles. The highest BCUT2D eigenvalue weighted by Crippen LogP contribution is 2.44. The molecule has 0 spiro atoms. The molecule has 2 aliphatic heterocycles. The Morgan fingerprint density at radius 1 is 0.905 bits per heavy atom. The highest BCUT2D eigenvalue weighted by atomic mass is 16.6. The van der Waals surface area contributed by atoms with Crippen LogP contribution in [0.1, 0.15) is 41.9 Å². The van der Waals surface area contributed by atoms with Gasteiger partial charge in [-0.25, -0.2) is 9.59 Å². The van der Waals surface area contributed by atoms with Crippen LogP contribution in [0.5, 0.6) is 0 Å². The van der Waals surface area contributed by atoms with Crippen LogP contribution in [0.3, 0.4) is 0 Å². The molecular formula is C33H35N3O6. The van der Waals surface area contributed by atoms with E-state index in [1.807, 2.05) is 54.6 Å². The Balaban J connectivity index is 1.04. The van der Waals surface area contributed by atoms with Crippen LogP contribution in [0.4, 0.5) is 4.79 Å². The second-order valence-electron chi connectivity index (χ2n) is 11.3. The van der Waals surface area contributed by atoms with Gasteiger partial charge in [0.1, 0.15) is 12.1 Å². The highest BCUT2D eigenvalue weighted by molar-refractivity contribution is 5.90. The number of fused-ring (bicyclic) bond motifs is 3. The Morgan fingerprint density at radius 3 is 2.17 bits per heavy atom. The lowest BCUT2D eigenvalue weighted by Gasteiger charge is -2.40. The predicted molar refractivity (Wildman–Crippen MR) is 156 cm³/mol. The van der Waals surface area contributed by atoms with Crippen LogP contribution >= 0.6 is 0 Å². The Labute approximate surface area is 244 Å². The maximum atomic E-state index is 13.3. The molecule has 0 aromatic heterocycles. The summed E-state index contributed by atoms with van der Waals surface area (Å²) in [5.41, 5.74) is 4.28. The largest absolute Gasteiger partial charge is 0.480 e. The smallest absolute Gasteiger partial charge is 0.407 e. The number of nitrogens with zero attached hydrogens (tertiary/aromatic N) is 1. The second-order valence-corrected chi connectivity index (χ2v) is 11.3. The summed E-state index contributed by atoms with van der Waals surface area (Å²) in [7, 11) is 0. The summed E-state index contributed by atoms with van der Waals surface area (Å²) in [6.07, 6.45) is -0.653. The second kappa shape index (κ2) is 12.0. The van der Waals surface area contributed by atoms with Crippen LogP contribution < -0.4 is 10.6 Å². The van der Waals surface area contributed by atoms with Crippen LogP contribution in [-0.2, 0) is 25.6 Å². The minimum absolute atomic E-state index is 0.0785. The van der Waals surface area contributed by atoms with Crippen molar-refractivity contribution in [1.29, 1.82) is 0 Å². The van der Waals surface area contributed by atoms with Crippen molar-refractivity contribution in [2.24, 2.45) is 0 Å². The topological polar surface area (TPSA) is 117 Å². The first kappa shape index (κ1) is 27.9. The number of ether oxygens (including phenoxy) is 2. The first-order valence-electron chi connectivity index (χ1n) is 14.5. The first-order chi connectivity index (χ1) is 20.4. The molecule has 3 N–H and O–H groups in total. The van der Waals surface area contributed by atoms with E-state index in [9.17, 15) is 19.5 Å². The average molecular weight is 570 g/mol. The van der Waals surface area contributed by atoms with Gasteiger partial charge in [-0.1, -0.05) is 78.9 Å². The summed E-state index contributed by atoms with van der Waals surface area (Å²) in [6.45, 7) is 2.23. The zero-order valence-electron chi connectivity index (χ0n) is 23.3. The number of carbonyl (C=O) groups is 3. The van der Waals surface area contributed by atoms with E-state index >= 15 is 0 Å². The van der Waals surface area contributed by atoms with Gasteiger partial charge in [-0.2, -0.15) is 0 Å². The van der Waals surface area contributed by atoms with Gasteiger partial charge in [-0.15, -0.1) is 0 Å². The van der Waals surface area contributed by atoms with Crippen LogP contribution in [0.2, 0.25) is 0 Å². The fourth-order valence-corrected chi connectivity index (χ4v) is 6.42. The first-order valence-corrected chi connectivity index (χ1v) is 14.5. The molecule has 1 aliphatic carbocycles. The molecule has 0 bridgehead atoms. The average Bonchev–Trinajstić information content (AvgIpc) is 3.60. The third-order valence-electron chi connectivity index (χ3n) is 8.73. The summed E-state index contributed by atoms with van der Waals surface area (Å²) in [4.78, 5) is 40.8. The van der Waals surface area contributed by atoms with Gasteiger partial charge in [-0.3, -0.25) is 9.69 Å². The molecule has 2 saturated heterocycles. The Morgan fingerprint density at radius 2 is 1.52 bits per heavy atom. The number of hydrogen-bond donors (Lipinski definition) is 3. The van der Waals surface area contributed by atoms with Crippen LogP contribution in [0.15, 0.2) is 78.9 Å². The van der Waals surface area contributed by atoms with Gasteiger partial charge < -0.3 is 25.2 Å². The maximum Gasteiger partial charge on any atom is 0.407 e. The predicted octanol–water partition coefficient (Wildman–Crippen LogP) is 3.92. The minimum Gasteiger partial charge on any atom is -0.480 e. The number of aliphatic carboxylic acids is 1. The molecule has 0 unspecified atom stereocenters. The molecule has 2 heterocycles. The number of rotatable bonds is 8. The molecule has 3 aliphatic rings. The molecule has 9 nitrogen and oxygen atoms in total. The van der Waals surface area contributed by atoms with Gasteiger partial charge in [0.2, 0.25) is 0 Å². The summed E-state index contributed by atoms with van der Waals surface area (Å²) in [6, 6.07) is 25.6. The Kier molecular flexibility index (Phi) is 7.95. The van der Waals surface area contributed by atoms with Gasteiger partial charge in [0.15, 0.2) is 6.10 Å². The molecule has 6 rings (SSSR count). The van der Waals surface area contributed by atoms with Crippen molar-refractivity contribution in [3.63, 3.8) is 0 Å². The molecule has 3 aromatic rings. The van der Waals surface area contributed by atoms with E-state index in [1.54, 1.807) is 0 Å². The molecule has 2 fully saturated rings.